The third kappa shape index (κ3) is 4.80. The summed E-state index contributed by atoms with van der Waals surface area (Å²) in [5.74, 6) is -0.422. The minimum atomic E-state index is -3.73. The van der Waals surface area contributed by atoms with Crippen LogP contribution in [-0.2, 0) is 21.4 Å². The number of nitrogens with zero attached hydrogens (tertiary/aromatic N) is 1. The third-order valence-corrected chi connectivity index (χ3v) is 4.45. The lowest BCUT2D eigenvalue weighted by atomic mass is 10.3. The second kappa shape index (κ2) is 7.35. The van der Waals surface area contributed by atoms with Gasteiger partial charge in [-0.1, -0.05) is 11.6 Å². The highest BCUT2D eigenvalue weighted by atomic mass is 35.5. The van der Waals surface area contributed by atoms with E-state index in [1.807, 2.05) is 0 Å². The number of halogens is 1. The maximum absolute atomic E-state index is 12.0. The van der Waals surface area contributed by atoms with Gasteiger partial charge in [-0.05, 0) is 42.0 Å². The molecule has 8 heteroatoms. The molecule has 0 aliphatic carbocycles. The molecule has 6 nitrogen and oxygen atoms in total. The van der Waals surface area contributed by atoms with Crippen molar-refractivity contribution in [3.8, 4) is 0 Å². The molecule has 1 heterocycles. The van der Waals surface area contributed by atoms with Crippen LogP contribution in [0.25, 0.3) is 0 Å². The number of nitrogens with one attached hydrogen (secondary N) is 2. The standard InChI is InChI=1S/C14H14ClN3O3S/c15-12-1-3-13(4-2-12)22(20,21)18-10-14(19)17-9-11-5-7-16-8-6-11/h1-8,18H,9-10H2,(H,17,19). The number of rotatable bonds is 6. The fourth-order valence-electron chi connectivity index (χ4n) is 1.62. The molecule has 1 aromatic carbocycles. The summed E-state index contributed by atoms with van der Waals surface area (Å²) in [6.45, 7) is -0.0277. The van der Waals surface area contributed by atoms with Gasteiger partial charge in [-0.2, -0.15) is 0 Å². The number of hydrogen-bond donors (Lipinski definition) is 2. The normalized spacial score (nSPS) is 11.1. The number of hydrogen-bond acceptors (Lipinski definition) is 4. The number of benzene rings is 1. The molecule has 0 aliphatic heterocycles. The van der Waals surface area contributed by atoms with E-state index in [9.17, 15) is 13.2 Å². The molecular formula is C14H14ClN3O3S. The van der Waals surface area contributed by atoms with Gasteiger partial charge < -0.3 is 5.32 Å². The van der Waals surface area contributed by atoms with Crippen molar-refractivity contribution in [2.45, 2.75) is 11.4 Å². The number of carbonyl (C=O) groups is 1. The Hall–Kier alpha value is -1.96. The van der Waals surface area contributed by atoms with Gasteiger partial charge in [-0.15, -0.1) is 0 Å². The summed E-state index contributed by atoms with van der Waals surface area (Å²) in [4.78, 5) is 15.6. The topological polar surface area (TPSA) is 88.2 Å². The first-order valence-corrected chi connectivity index (χ1v) is 8.24. The van der Waals surface area contributed by atoms with Crippen LogP contribution in [0.5, 0.6) is 0 Å². The summed E-state index contributed by atoms with van der Waals surface area (Å²) >= 11 is 5.70. The average Bonchev–Trinajstić information content (AvgIpc) is 2.52. The van der Waals surface area contributed by atoms with Crippen LogP contribution in [0.4, 0.5) is 0 Å². The Bertz CT molecular complexity index is 734. The molecule has 0 radical (unpaired) electrons. The summed E-state index contributed by atoms with van der Waals surface area (Å²) in [6, 6.07) is 9.22. The largest absolute Gasteiger partial charge is 0.351 e. The quantitative estimate of drug-likeness (QED) is 0.831. The summed E-state index contributed by atoms with van der Waals surface area (Å²) < 4.78 is 26.2. The van der Waals surface area contributed by atoms with Gasteiger partial charge in [0.15, 0.2) is 0 Å². The Morgan fingerprint density at radius 2 is 1.73 bits per heavy atom. The van der Waals surface area contributed by atoms with Crippen LogP contribution in [0.1, 0.15) is 5.56 Å². The Balaban J connectivity index is 1.86. The van der Waals surface area contributed by atoms with E-state index in [1.54, 1.807) is 24.5 Å². The number of carbonyl (C=O) groups excluding carboxylic acids is 1. The molecule has 0 spiro atoms. The molecule has 116 valence electrons. The zero-order valence-corrected chi connectivity index (χ0v) is 13.1. The number of pyridine rings is 1. The van der Waals surface area contributed by atoms with Crippen LogP contribution in [0.3, 0.4) is 0 Å². The maximum atomic E-state index is 12.0. The summed E-state index contributed by atoms with van der Waals surface area (Å²) in [7, 11) is -3.73. The summed E-state index contributed by atoms with van der Waals surface area (Å²) in [5, 5.41) is 3.06. The van der Waals surface area contributed by atoms with E-state index < -0.39 is 15.9 Å². The van der Waals surface area contributed by atoms with E-state index in [0.717, 1.165) is 5.56 Å². The second-order valence-electron chi connectivity index (χ2n) is 4.41. The number of sulfonamides is 1. The van der Waals surface area contributed by atoms with Gasteiger partial charge in [0, 0.05) is 24.0 Å². The lowest BCUT2D eigenvalue weighted by molar-refractivity contribution is -0.120. The predicted octanol–water partition coefficient (Wildman–Crippen LogP) is 1.33. The van der Waals surface area contributed by atoms with E-state index in [4.69, 9.17) is 11.6 Å². The molecule has 0 fully saturated rings. The fourth-order valence-corrected chi connectivity index (χ4v) is 2.73. The molecule has 0 saturated heterocycles. The highest BCUT2D eigenvalue weighted by Crippen LogP contribution is 2.13. The second-order valence-corrected chi connectivity index (χ2v) is 6.61. The van der Waals surface area contributed by atoms with Crippen molar-refractivity contribution in [3.05, 3.63) is 59.4 Å². The zero-order valence-electron chi connectivity index (χ0n) is 11.5. The van der Waals surface area contributed by atoms with Crippen LogP contribution in [0, 0.1) is 0 Å². The average molecular weight is 340 g/mol. The molecule has 2 aromatic rings. The lowest BCUT2D eigenvalue weighted by Gasteiger charge is -2.08. The van der Waals surface area contributed by atoms with Gasteiger partial charge in [0.25, 0.3) is 0 Å². The minimum absolute atomic E-state index is 0.0545. The van der Waals surface area contributed by atoms with Crippen molar-refractivity contribution in [2.75, 3.05) is 6.54 Å². The van der Waals surface area contributed by atoms with Gasteiger partial charge >= 0.3 is 0 Å². The zero-order chi connectivity index (χ0) is 16.0. The van der Waals surface area contributed by atoms with E-state index >= 15 is 0 Å². The predicted molar refractivity (Wildman–Crippen MR) is 82.7 cm³/mol. The van der Waals surface area contributed by atoms with Gasteiger partial charge in [0.05, 0.1) is 11.4 Å². The van der Waals surface area contributed by atoms with Crippen molar-refractivity contribution in [1.29, 1.82) is 0 Å². The Labute approximate surface area is 133 Å². The Morgan fingerprint density at radius 3 is 2.36 bits per heavy atom. The highest BCUT2D eigenvalue weighted by molar-refractivity contribution is 7.89. The van der Waals surface area contributed by atoms with Crippen LogP contribution >= 0.6 is 11.6 Å². The molecular weight excluding hydrogens is 326 g/mol. The summed E-state index contributed by atoms with van der Waals surface area (Å²) in [5.41, 5.74) is 0.879. The lowest BCUT2D eigenvalue weighted by Crippen LogP contribution is -2.36. The number of aromatic nitrogens is 1. The van der Waals surface area contributed by atoms with E-state index in [1.165, 1.54) is 24.3 Å². The molecule has 1 amide bonds. The SMILES string of the molecule is O=C(CNS(=O)(=O)c1ccc(Cl)cc1)NCc1ccncc1. The first-order chi connectivity index (χ1) is 10.5. The Kier molecular flexibility index (Phi) is 5.48. The van der Waals surface area contributed by atoms with Crippen molar-refractivity contribution in [1.82, 2.24) is 15.0 Å². The fraction of sp³-hybridized carbons (Fsp3) is 0.143. The van der Waals surface area contributed by atoms with Gasteiger partial charge in [0.2, 0.25) is 15.9 Å². The Morgan fingerprint density at radius 1 is 1.09 bits per heavy atom. The molecule has 0 saturated carbocycles. The van der Waals surface area contributed by atoms with Gasteiger partial charge in [-0.3, -0.25) is 9.78 Å². The van der Waals surface area contributed by atoms with Crippen molar-refractivity contribution in [2.24, 2.45) is 0 Å². The molecule has 2 N–H and O–H groups in total. The van der Waals surface area contributed by atoms with Crippen LogP contribution in [0.2, 0.25) is 5.02 Å². The van der Waals surface area contributed by atoms with Gasteiger partial charge in [-0.25, -0.2) is 13.1 Å². The van der Waals surface area contributed by atoms with Crippen molar-refractivity contribution in [3.63, 3.8) is 0 Å². The van der Waals surface area contributed by atoms with Crippen molar-refractivity contribution >= 4 is 27.5 Å². The molecule has 0 unspecified atom stereocenters. The van der Waals surface area contributed by atoms with E-state index in [0.29, 0.717) is 11.6 Å². The molecule has 2 rings (SSSR count). The molecule has 0 aliphatic rings. The summed E-state index contributed by atoms with van der Waals surface area (Å²) in [6.07, 6.45) is 3.23. The van der Waals surface area contributed by atoms with E-state index in [-0.39, 0.29) is 11.4 Å². The number of amides is 1. The van der Waals surface area contributed by atoms with Crippen LogP contribution in [-0.4, -0.2) is 25.9 Å². The first kappa shape index (κ1) is 16.4. The first-order valence-electron chi connectivity index (χ1n) is 6.38. The monoisotopic (exact) mass is 339 g/mol. The van der Waals surface area contributed by atoms with E-state index in [2.05, 4.69) is 15.0 Å². The van der Waals surface area contributed by atoms with Crippen LogP contribution < -0.4 is 10.0 Å². The van der Waals surface area contributed by atoms with Crippen molar-refractivity contribution < 1.29 is 13.2 Å². The molecule has 22 heavy (non-hydrogen) atoms. The molecule has 0 bridgehead atoms. The van der Waals surface area contributed by atoms with Gasteiger partial charge in [0.1, 0.15) is 0 Å². The maximum Gasteiger partial charge on any atom is 0.241 e. The minimum Gasteiger partial charge on any atom is -0.351 e. The smallest absolute Gasteiger partial charge is 0.241 e. The molecule has 0 atom stereocenters. The van der Waals surface area contributed by atoms with Crippen LogP contribution in [0.15, 0.2) is 53.7 Å². The highest BCUT2D eigenvalue weighted by Gasteiger charge is 2.15. The third-order valence-electron chi connectivity index (χ3n) is 2.79. The molecule has 1 aromatic heterocycles.